The highest BCUT2D eigenvalue weighted by molar-refractivity contribution is 5.72. The second-order valence-electron chi connectivity index (χ2n) is 5.74. The third kappa shape index (κ3) is 1.99. The van der Waals surface area contributed by atoms with Gasteiger partial charge in [-0.3, -0.25) is 0 Å². The lowest BCUT2D eigenvalue weighted by atomic mass is 9.72. The summed E-state index contributed by atoms with van der Waals surface area (Å²) in [5.74, 6) is 0.872. The van der Waals surface area contributed by atoms with Crippen LogP contribution in [0.25, 0.3) is 11.3 Å². The molecule has 1 N–H and O–H groups in total. The molecule has 1 aliphatic rings. The summed E-state index contributed by atoms with van der Waals surface area (Å²) >= 11 is 0. The second kappa shape index (κ2) is 4.34. The lowest BCUT2D eigenvalue weighted by molar-refractivity contribution is 0.514. The highest BCUT2D eigenvalue weighted by Gasteiger charge is 2.31. The minimum atomic E-state index is 0.149. The molecule has 1 aromatic carbocycles. The molecular formula is C16H19N3. The smallest absolute Gasteiger partial charge is 0.148 e. The molecule has 0 unspecified atom stereocenters. The molecule has 0 aliphatic heterocycles. The highest BCUT2D eigenvalue weighted by Crippen LogP contribution is 2.41. The van der Waals surface area contributed by atoms with Gasteiger partial charge in [0, 0.05) is 12.1 Å². The number of nitrogens with zero attached hydrogens (tertiary/aromatic N) is 2. The number of nitrogens with one attached hydrogen (secondary N) is 1. The van der Waals surface area contributed by atoms with Crippen LogP contribution in [0.3, 0.4) is 0 Å². The molecule has 0 spiro atoms. The minimum Gasteiger partial charge on any atom is -0.369 e. The Labute approximate surface area is 114 Å². The summed E-state index contributed by atoms with van der Waals surface area (Å²) in [7, 11) is 0. The lowest BCUT2D eigenvalue weighted by Gasteiger charge is -2.33. The molecule has 2 aromatic rings. The Bertz CT molecular complexity index is 617. The molecule has 0 atom stereocenters. The summed E-state index contributed by atoms with van der Waals surface area (Å²) in [6.45, 7) is 7.53. The summed E-state index contributed by atoms with van der Waals surface area (Å²) in [5.41, 5.74) is 5.07. The van der Waals surface area contributed by atoms with Crippen LogP contribution in [0.4, 0.5) is 5.82 Å². The van der Waals surface area contributed by atoms with Gasteiger partial charge in [0.25, 0.3) is 0 Å². The SMILES string of the molecule is CCNc1cc2c(nn1)-c1ccccc1C(C)(C)C2. The third-order valence-electron chi connectivity index (χ3n) is 3.77. The standard InChI is InChI=1S/C16H19N3/c1-4-17-14-9-11-10-16(2,3)13-8-6-5-7-12(13)15(11)19-18-14/h5-9H,4,10H2,1-3H3,(H,17,18). The van der Waals surface area contributed by atoms with Gasteiger partial charge in [0.1, 0.15) is 5.82 Å². The quantitative estimate of drug-likeness (QED) is 0.891. The van der Waals surface area contributed by atoms with E-state index in [-0.39, 0.29) is 5.41 Å². The summed E-state index contributed by atoms with van der Waals surface area (Å²) in [5, 5.41) is 11.9. The molecule has 0 saturated heterocycles. The molecule has 0 fully saturated rings. The van der Waals surface area contributed by atoms with E-state index in [2.05, 4.69) is 66.6 Å². The summed E-state index contributed by atoms with van der Waals surface area (Å²) < 4.78 is 0. The summed E-state index contributed by atoms with van der Waals surface area (Å²) in [4.78, 5) is 0. The van der Waals surface area contributed by atoms with Crippen molar-refractivity contribution in [1.29, 1.82) is 0 Å². The summed E-state index contributed by atoms with van der Waals surface area (Å²) in [6.07, 6.45) is 1.01. The Morgan fingerprint density at radius 3 is 2.79 bits per heavy atom. The first-order chi connectivity index (χ1) is 9.12. The molecule has 3 rings (SSSR count). The Morgan fingerprint density at radius 1 is 1.21 bits per heavy atom. The van der Waals surface area contributed by atoms with Gasteiger partial charge in [-0.15, -0.1) is 10.2 Å². The fourth-order valence-corrected chi connectivity index (χ4v) is 2.91. The van der Waals surface area contributed by atoms with Gasteiger partial charge in [-0.1, -0.05) is 38.1 Å². The van der Waals surface area contributed by atoms with Crippen molar-refractivity contribution in [2.24, 2.45) is 0 Å². The predicted molar refractivity (Wildman–Crippen MR) is 78.4 cm³/mol. The van der Waals surface area contributed by atoms with Crippen LogP contribution >= 0.6 is 0 Å². The highest BCUT2D eigenvalue weighted by atomic mass is 15.2. The second-order valence-corrected chi connectivity index (χ2v) is 5.74. The Morgan fingerprint density at radius 2 is 2.00 bits per heavy atom. The van der Waals surface area contributed by atoms with E-state index in [1.54, 1.807) is 0 Å². The van der Waals surface area contributed by atoms with Crippen LogP contribution in [0, 0.1) is 0 Å². The number of anilines is 1. The molecule has 98 valence electrons. The number of rotatable bonds is 2. The molecule has 0 radical (unpaired) electrons. The van der Waals surface area contributed by atoms with Crippen LogP contribution in [-0.4, -0.2) is 16.7 Å². The van der Waals surface area contributed by atoms with E-state index in [0.29, 0.717) is 0 Å². The molecule has 3 heteroatoms. The Kier molecular flexibility index (Phi) is 2.77. The Hall–Kier alpha value is -1.90. The fourth-order valence-electron chi connectivity index (χ4n) is 2.91. The molecule has 3 nitrogen and oxygen atoms in total. The first-order valence-electron chi connectivity index (χ1n) is 6.82. The fraction of sp³-hybridized carbons (Fsp3) is 0.375. The van der Waals surface area contributed by atoms with Crippen molar-refractivity contribution >= 4 is 5.82 Å². The van der Waals surface area contributed by atoms with E-state index in [4.69, 9.17) is 0 Å². The van der Waals surface area contributed by atoms with Crippen LogP contribution in [0.1, 0.15) is 31.9 Å². The van der Waals surface area contributed by atoms with Gasteiger partial charge in [-0.25, -0.2) is 0 Å². The Balaban J connectivity index is 2.17. The van der Waals surface area contributed by atoms with E-state index >= 15 is 0 Å². The predicted octanol–water partition coefficient (Wildman–Crippen LogP) is 3.41. The van der Waals surface area contributed by atoms with Gasteiger partial charge >= 0.3 is 0 Å². The first kappa shape index (κ1) is 12.2. The largest absolute Gasteiger partial charge is 0.369 e. The molecule has 1 aliphatic carbocycles. The zero-order chi connectivity index (χ0) is 13.5. The van der Waals surface area contributed by atoms with Crippen LogP contribution in [0.15, 0.2) is 30.3 Å². The zero-order valence-electron chi connectivity index (χ0n) is 11.7. The molecular weight excluding hydrogens is 234 g/mol. The van der Waals surface area contributed by atoms with E-state index in [9.17, 15) is 0 Å². The van der Waals surface area contributed by atoms with Crippen LogP contribution in [0.2, 0.25) is 0 Å². The molecule has 1 aromatic heterocycles. The van der Waals surface area contributed by atoms with E-state index in [1.165, 1.54) is 16.7 Å². The van der Waals surface area contributed by atoms with Crippen molar-refractivity contribution in [3.63, 3.8) is 0 Å². The van der Waals surface area contributed by atoms with Gasteiger partial charge in [0.2, 0.25) is 0 Å². The van der Waals surface area contributed by atoms with Crippen LogP contribution in [-0.2, 0) is 11.8 Å². The van der Waals surface area contributed by atoms with Gasteiger partial charge in [0.05, 0.1) is 5.69 Å². The molecule has 0 amide bonds. The molecule has 19 heavy (non-hydrogen) atoms. The molecule has 0 bridgehead atoms. The maximum Gasteiger partial charge on any atom is 0.148 e. The van der Waals surface area contributed by atoms with E-state index in [1.807, 2.05) is 0 Å². The van der Waals surface area contributed by atoms with Crippen LogP contribution in [0.5, 0.6) is 0 Å². The van der Waals surface area contributed by atoms with Gasteiger partial charge in [-0.2, -0.15) is 0 Å². The average molecular weight is 253 g/mol. The summed E-state index contributed by atoms with van der Waals surface area (Å²) in [6, 6.07) is 10.7. The van der Waals surface area contributed by atoms with Crippen molar-refractivity contribution in [2.45, 2.75) is 32.6 Å². The zero-order valence-corrected chi connectivity index (χ0v) is 11.7. The normalized spacial score (nSPS) is 15.5. The number of fused-ring (bicyclic) bond motifs is 3. The number of aromatic nitrogens is 2. The number of benzene rings is 1. The maximum atomic E-state index is 4.43. The number of hydrogen-bond acceptors (Lipinski definition) is 3. The first-order valence-corrected chi connectivity index (χ1v) is 6.82. The van der Waals surface area contributed by atoms with Crippen molar-refractivity contribution in [3.05, 3.63) is 41.5 Å². The van der Waals surface area contributed by atoms with Crippen molar-refractivity contribution < 1.29 is 0 Å². The van der Waals surface area contributed by atoms with Gasteiger partial charge in [0.15, 0.2) is 0 Å². The maximum absolute atomic E-state index is 4.43. The van der Waals surface area contributed by atoms with E-state index in [0.717, 1.165) is 24.5 Å². The third-order valence-corrected chi connectivity index (χ3v) is 3.77. The number of hydrogen-bond donors (Lipinski definition) is 1. The lowest BCUT2D eigenvalue weighted by Crippen LogP contribution is -2.26. The monoisotopic (exact) mass is 253 g/mol. The average Bonchev–Trinajstić information content (AvgIpc) is 2.38. The van der Waals surface area contributed by atoms with Crippen molar-refractivity contribution in [3.8, 4) is 11.3 Å². The molecule has 1 heterocycles. The van der Waals surface area contributed by atoms with E-state index < -0.39 is 0 Å². The topological polar surface area (TPSA) is 37.8 Å². The van der Waals surface area contributed by atoms with Crippen molar-refractivity contribution in [2.75, 3.05) is 11.9 Å². The molecule has 0 saturated carbocycles. The van der Waals surface area contributed by atoms with Gasteiger partial charge in [-0.05, 0) is 36.0 Å². The minimum absolute atomic E-state index is 0.149. The van der Waals surface area contributed by atoms with Gasteiger partial charge < -0.3 is 5.32 Å². The van der Waals surface area contributed by atoms with Crippen molar-refractivity contribution in [1.82, 2.24) is 10.2 Å². The van der Waals surface area contributed by atoms with Crippen LogP contribution < -0.4 is 5.32 Å².